The number of likely N-dealkylation sites (N-methyl/N-ethyl adjacent to an activating group) is 1. The van der Waals surface area contributed by atoms with Gasteiger partial charge in [0, 0.05) is 6.54 Å². The quantitative estimate of drug-likeness (QED) is 0.580. The molecule has 1 aromatic rings. The Bertz CT molecular complexity index is 375. The van der Waals surface area contributed by atoms with E-state index in [0.29, 0.717) is 12.2 Å². The molecule has 0 aliphatic heterocycles. The molecule has 0 aromatic carbocycles. The van der Waals surface area contributed by atoms with Crippen LogP contribution in [-0.2, 0) is 6.54 Å². The topological polar surface area (TPSA) is 64.2 Å². The summed E-state index contributed by atoms with van der Waals surface area (Å²) >= 11 is 5.85. The van der Waals surface area contributed by atoms with Crippen molar-refractivity contribution in [2.45, 2.75) is 13.5 Å². The van der Waals surface area contributed by atoms with Crippen molar-refractivity contribution in [3.63, 3.8) is 0 Å². The second kappa shape index (κ2) is 4.59. The van der Waals surface area contributed by atoms with Gasteiger partial charge in [-0.1, -0.05) is 11.6 Å². The fraction of sp³-hybridized carbons (Fsp3) is 0.625. The third-order valence-electron chi connectivity index (χ3n) is 1.98. The molecule has 0 atom stereocenters. The van der Waals surface area contributed by atoms with Crippen LogP contribution in [0.4, 0.5) is 5.69 Å². The van der Waals surface area contributed by atoms with E-state index in [1.54, 1.807) is 6.92 Å². The van der Waals surface area contributed by atoms with E-state index >= 15 is 0 Å². The summed E-state index contributed by atoms with van der Waals surface area (Å²) in [4.78, 5) is 12.1. The zero-order chi connectivity index (χ0) is 11.6. The number of rotatable bonds is 4. The highest BCUT2D eigenvalue weighted by molar-refractivity contribution is 6.31. The lowest BCUT2D eigenvalue weighted by Gasteiger charge is -2.09. The molecule has 0 amide bonds. The zero-order valence-corrected chi connectivity index (χ0v) is 9.65. The van der Waals surface area contributed by atoms with Crippen LogP contribution in [0.3, 0.4) is 0 Å². The molecule has 0 spiro atoms. The molecule has 0 fully saturated rings. The molecule has 0 saturated heterocycles. The SMILES string of the molecule is Cc1nn(CCN(C)C)c(Cl)c1[N+](=O)[O-]. The van der Waals surface area contributed by atoms with Gasteiger partial charge in [0.15, 0.2) is 0 Å². The Morgan fingerprint density at radius 2 is 2.20 bits per heavy atom. The van der Waals surface area contributed by atoms with Crippen LogP contribution in [0, 0.1) is 17.0 Å². The highest BCUT2D eigenvalue weighted by Gasteiger charge is 2.23. The van der Waals surface area contributed by atoms with Crippen LogP contribution in [0.1, 0.15) is 5.69 Å². The van der Waals surface area contributed by atoms with E-state index in [0.717, 1.165) is 6.54 Å². The number of halogens is 1. The summed E-state index contributed by atoms with van der Waals surface area (Å²) in [5, 5.41) is 14.8. The number of nitro groups is 1. The smallest absolute Gasteiger partial charge is 0.308 e. The molecule has 0 radical (unpaired) electrons. The van der Waals surface area contributed by atoms with Gasteiger partial charge in [-0.05, 0) is 21.0 Å². The molecule has 15 heavy (non-hydrogen) atoms. The number of nitrogens with zero attached hydrogens (tertiary/aromatic N) is 4. The van der Waals surface area contributed by atoms with Crippen molar-refractivity contribution >= 4 is 17.3 Å². The summed E-state index contributed by atoms with van der Waals surface area (Å²) in [5.41, 5.74) is 0.249. The van der Waals surface area contributed by atoms with Crippen LogP contribution < -0.4 is 0 Å². The summed E-state index contributed by atoms with van der Waals surface area (Å²) in [7, 11) is 3.83. The van der Waals surface area contributed by atoms with Crippen LogP contribution in [-0.4, -0.2) is 40.2 Å². The third kappa shape index (κ3) is 2.66. The molecule has 6 nitrogen and oxygen atoms in total. The first kappa shape index (κ1) is 11.9. The summed E-state index contributed by atoms with van der Waals surface area (Å²) in [5.74, 6) is 0. The van der Waals surface area contributed by atoms with Gasteiger partial charge in [-0.2, -0.15) is 5.10 Å². The summed E-state index contributed by atoms with van der Waals surface area (Å²) < 4.78 is 1.45. The predicted molar refractivity (Wildman–Crippen MR) is 57.2 cm³/mol. The van der Waals surface area contributed by atoms with Gasteiger partial charge >= 0.3 is 5.69 Å². The van der Waals surface area contributed by atoms with Gasteiger partial charge in [0.1, 0.15) is 5.69 Å². The molecular formula is C8H13ClN4O2. The number of hydrogen-bond donors (Lipinski definition) is 0. The van der Waals surface area contributed by atoms with Crippen molar-refractivity contribution < 1.29 is 4.92 Å². The van der Waals surface area contributed by atoms with Gasteiger partial charge < -0.3 is 4.90 Å². The Balaban J connectivity index is 2.91. The predicted octanol–water partition coefficient (Wildman–Crippen LogP) is 1.31. The molecular weight excluding hydrogens is 220 g/mol. The van der Waals surface area contributed by atoms with Crippen molar-refractivity contribution in [2.24, 2.45) is 0 Å². The molecule has 0 bridgehead atoms. The minimum absolute atomic E-state index is 0.0966. The maximum absolute atomic E-state index is 10.7. The van der Waals surface area contributed by atoms with Crippen molar-refractivity contribution in [1.82, 2.24) is 14.7 Å². The van der Waals surface area contributed by atoms with Crippen LogP contribution in [0.2, 0.25) is 5.15 Å². The van der Waals surface area contributed by atoms with E-state index in [2.05, 4.69) is 5.10 Å². The van der Waals surface area contributed by atoms with E-state index in [9.17, 15) is 10.1 Å². The van der Waals surface area contributed by atoms with Crippen molar-refractivity contribution in [1.29, 1.82) is 0 Å². The molecule has 0 saturated carbocycles. The average Bonchev–Trinajstić information content (AvgIpc) is 2.37. The van der Waals surface area contributed by atoms with Gasteiger partial charge in [-0.25, -0.2) is 4.68 Å². The molecule has 84 valence electrons. The van der Waals surface area contributed by atoms with E-state index in [1.165, 1.54) is 4.68 Å². The third-order valence-corrected chi connectivity index (χ3v) is 2.35. The van der Waals surface area contributed by atoms with E-state index in [-0.39, 0.29) is 10.8 Å². The second-order valence-corrected chi connectivity index (χ2v) is 3.87. The normalized spacial score (nSPS) is 11.0. The molecule has 0 aliphatic rings. The lowest BCUT2D eigenvalue weighted by atomic mass is 10.4. The van der Waals surface area contributed by atoms with Crippen molar-refractivity contribution in [3.05, 3.63) is 21.0 Å². The number of aromatic nitrogens is 2. The largest absolute Gasteiger partial charge is 0.328 e. The maximum atomic E-state index is 10.7. The van der Waals surface area contributed by atoms with Gasteiger partial charge in [0.05, 0.1) is 11.5 Å². The Kier molecular flexibility index (Phi) is 3.65. The maximum Gasteiger partial charge on any atom is 0.328 e. The van der Waals surface area contributed by atoms with Crippen LogP contribution in [0.5, 0.6) is 0 Å². The lowest BCUT2D eigenvalue weighted by Crippen LogP contribution is -2.19. The van der Waals surface area contributed by atoms with Gasteiger partial charge in [0.2, 0.25) is 5.15 Å². The Labute approximate surface area is 92.6 Å². The fourth-order valence-corrected chi connectivity index (χ4v) is 1.52. The molecule has 0 unspecified atom stereocenters. The first-order valence-electron chi connectivity index (χ1n) is 4.45. The first-order valence-corrected chi connectivity index (χ1v) is 4.83. The minimum Gasteiger partial charge on any atom is -0.308 e. The molecule has 1 rings (SSSR count). The number of aryl methyl sites for hydroxylation is 1. The van der Waals surface area contributed by atoms with E-state index < -0.39 is 4.92 Å². The molecule has 1 aromatic heterocycles. The van der Waals surface area contributed by atoms with Crippen LogP contribution >= 0.6 is 11.6 Å². The summed E-state index contributed by atoms with van der Waals surface area (Å²) in [6.07, 6.45) is 0. The Morgan fingerprint density at radius 1 is 1.60 bits per heavy atom. The van der Waals surface area contributed by atoms with Crippen LogP contribution in [0.15, 0.2) is 0 Å². The van der Waals surface area contributed by atoms with E-state index in [1.807, 2.05) is 19.0 Å². The fourth-order valence-electron chi connectivity index (χ4n) is 1.19. The van der Waals surface area contributed by atoms with Gasteiger partial charge in [-0.15, -0.1) is 0 Å². The highest BCUT2D eigenvalue weighted by atomic mass is 35.5. The standard InChI is InChI=1S/C8H13ClN4O2/c1-6-7(13(14)15)8(9)12(10-6)5-4-11(2)3/h4-5H2,1-3H3. The second-order valence-electron chi connectivity index (χ2n) is 3.51. The minimum atomic E-state index is -0.503. The Hall–Kier alpha value is -1.14. The van der Waals surface area contributed by atoms with Crippen molar-refractivity contribution in [2.75, 3.05) is 20.6 Å². The highest BCUT2D eigenvalue weighted by Crippen LogP contribution is 2.27. The van der Waals surface area contributed by atoms with Crippen LogP contribution in [0.25, 0.3) is 0 Å². The molecule has 0 N–H and O–H groups in total. The number of hydrogen-bond acceptors (Lipinski definition) is 4. The Morgan fingerprint density at radius 3 is 2.60 bits per heavy atom. The van der Waals surface area contributed by atoms with Gasteiger partial charge in [-0.3, -0.25) is 10.1 Å². The van der Waals surface area contributed by atoms with Gasteiger partial charge in [0.25, 0.3) is 0 Å². The zero-order valence-electron chi connectivity index (χ0n) is 8.90. The summed E-state index contributed by atoms with van der Waals surface area (Å²) in [6, 6.07) is 0. The molecule has 0 aliphatic carbocycles. The monoisotopic (exact) mass is 232 g/mol. The van der Waals surface area contributed by atoms with Crippen molar-refractivity contribution in [3.8, 4) is 0 Å². The summed E-state index contributed by atoms with van der Waals surface area (Å²) in [6.45, 7) is 2.86. The van der Waals surface area contributed by atoms with E-state index in [4.69, 9.17) is 11.6 Å². The first-order chi connectivity index (χ1) is 6.93. The average molecular weight is 233 g/mol. The lowest BCUT2D eigenvalue weighted by molar-refractivity contribution is -0.385. The molecule has 1 heterocycles. The molecule has 7 heteroatoms.